The van der Waals surface area contributed by atoms with E-state index in [1.165, 1.54) is 52.7 Å². The molecule has 0 amide bonds. The van der Waals surface area contributed by atoms with Crippen molar-refractivity contribution >= 4 is 11.9 Å². The third kappa shape index (κ3) is 6.54. The van der Waals surface area contributed by atoms with E-state index in [4.69, 9.17) is 18.9 Å². The number of carbonyl (C=O) groups is 2. The van der Waals surface area contributed by atoms with Gasteiger partial charge in [-0.15, -0.1) is 0 Å². The Morgan fingerprint density at radius 2 is 1.27 bits per heavy atom. The molecule has 1 aromatic rings. The Morgan fingerprint density at radius 3 is 1.73 bits per heavy atom. The smallest absolute Gasteiger partial charge is 0.338 e. The molecule has 1 fully saturated rings. The van der Waals surface area contributed by atoms with Gasteiger partial charge in [0.2, 0.25) is 0 Å². The van der Waals surface area contributed by atoms with E-state index in [0.717, 1.165) is 24.8 Å². The van der Waals surface area contributed by atoms with Gasteiger partial charge in [0.15, 0.2) is 18.0 Å². The zero-order valence-corrected chi connectivity index (χ0v) is 18.6. The predicted octanol–water partition coefficient (Wildman–Crippen LogP) is 4.89. The second-order valence-corrected chi connectivity index (χ2v) is 7.82. The van der Waals surface area contributed by atoms with Gasteiger partial charge >= 0.3 is 11.9 Å². The van der Waals surface area contributed by atoms with Gasteiger partial charge in [0.25, 0.3) is 0 Å². The number of unbranched alkanes of at least 4 members (excludes halogenated alkanes) is 8. The number of esters is 2. The molecule has 0 radical (unpaired) electrons. The fourth-order valence-electron chi connectivity index (χ4n) is 3.90. The Hall–Kier alpha value is -1.92. The van der Waals surface area contributed by atoms with Crippen molar-refractivity contribution in [3.8, 4) is 0 Å². The van der Waals surface area contributed by atoms with Crippen molar-refractivity contribution in [2.45, 2.75) is 89.1 Å². The lowest BCUT2D eigenvalue weighted by atomic mass is 9.98. The summed E-state index contributed by atoms with van der Waals surface area (Å²) >= 11 is 0. The van der Waals surface area contributed by atoms with E-state index in [0.29, 0.717) is 6.42 Å². The lowest BCUT2D eigenvalue weighted by molar-refractivity contribution is -0.199. The molecular formula is C24H36O6. The van der Waals surface area contributed by atoms with Crippen LogP contribution < -0.4 is 0 Å². The standard InChI is InChI=1S/C24H36O6/c1-4-5-6-7-8-9-10-11-15-18-24(19-16-13-12-14-17-19)29-20(22(25)27-2)21(30-24)23(26)28-3/h12-14,16-17,20-21H,4-11,15,18H2,1-3H3. The molecule has 0 N–H and O–H groups in total. The molecule has 1 aromatic carbocycles. The maximum Gasteiger partial charge on any atom is 0.338 e. The van der Waals surface area contributed by atoms with Crippen LogP contribution in [0.3, 0.4) is 0 Å². The first-order chi connectivity index (χ1) is 14.6. The lowest BCUT2D eigenvalue weighted by Crippen LogP contribution is -2.38. The van der Waals surface area contributed by atoms with Gasteiger partial charge in [-0.05, 0) is 6.42 Å². The number of benzene rings is 1. The molecule has 1 aliphatic heterocycles. The summed E-state index contributed by atoms with van der Waals surface area (Å²) in [7, 11) is 2.53. The summed E-state index contributed by atoms with van der Waals surface area (Å²) in [6.45, 7) is 2.23. The summed E-state index contributed by atoms with van der Waals surface area (Å²) in [4.78, 5) is 24.5. The number of ether oxygens (including phenoxy) is 4. The van der Waals surface area contributed by atoms with Gasteiger partial charge in [0.1, 0.15) is 0 Å². The molecule has 2 unspecified atom stereocenters. The van der Waals surface area contributed by atoms with Crippen LogP contribution in [0.15, 0.2) is 30.3 Å². The van der Waals surface area contributed by atoms with Crippen LogP contribution in [0.1, 0.15) is 76.7 Å². The van der Waals surface area contributed by atoms with Crippen LogP contribution in [-0.2, 0) is 34.3 Å². The Kier molecular flexibility index (Phi) is 10.3. The normalized spacial score (nSPS) is 23.3. The molecular weight excluding hydrogens is 384 g/mol. The van der Waals surface area contributed by atoms with Crippen molar-refractivity contribution < 1.29 is 28.5 Å². The molecule has 6 heteroatoms. The van der Waals surface area contributed by atoms with Crippen LogP contribution in [0.5, 0.6) is 0 Å². The highest BCUT2D eigenvalue weighted by molar-refractivity contribution is 5.86. The van der Waals surface area contributed by atoms with Crippen molar-refractivity contribution in [2.24, 2.45) is 0 Å². The lowest BCUT2D eigenvalue weighted by Gasteiger charge is -2.28. The quantitative estimate of drug-likeness (QED) is 0.334. The Bertz CT molecular complexity index is 620. The predicted molar refractivity (Wildman–Crippen MR) is 114 cm³/mol. The maximum absolute atomic E-state index is 12.3. The first-order valence-corrected chi connectivity index (χ1v) is 11.1. The molecule has 1 aliphatic rings. The van der Waals surface area contributed by atoms with Gasteiger partial charge in [-0.25, -0.2) is 9.59 Å². The van der Waals surface area contributed by atoms with E-state index < -0.39 is 29.9 Å². The molecule has 30 heavy (non-hydrogen) atoms. The van der Waals surface area contributed by atoms with Crippen LogP contribution in [0.2, 0.25) is 0 Å². The summed E-state index contributed by atoms with van der Waals surface area (Å²) in [6.07, 6.45) is 9.00. The molecule has 0 spiro atoms. The molecule has 2 atom stereocenters. The van der Waals surface area contributed by atoms with Crippen LogP contribution in [0.25, 0.3) is 0 Å². The van der Waals surface area contributed by atoms with Crippen LogP contribution in [-0.4, -0.2) is 38.4 Å². The van der Waals surface area contributed by atoms with Gasteiger partial charge in [-0.2, -0.15) is 0 Å². The van der Waals surface area contributed by atoms with Crippen LogP contribution in [0, 0.1) is 0 Å². The molecule has 1 saturated heterocycles. The summed E-state index contributed by atoms with van der Waals surface area (Å²) in [5, 5.41) is 0. The minimum atomic E-state index is -1.17. The third-order valence-corrected chi connectivity index (χ3v) is 5.60. The van der Waals surface area contributed by atoms with E-state index in [-0.39, 0.29) is 0 Å². The largest absolute Gasteiger partial charge is 0.467 e. The third-order valence-electron chi connectivity index (χ3n) is 5.60. The summed E-state index contributed by atoms with van der Waals surface area (Å²) < 4.78 is 21.9. The number of hydrogen-bond acceptors (Lipinski definition) is 6. The van der Waals surface area contributed by atoms with E-state index in [9.17, 15) is 9.59 Å². The zero-order valence-electron chi connectivity index (χ0n) is 18.6. The minimum Gasteiger partial charge on any atom is -0.467 e. The molecule has 168 valence electrons. The molecule has 6 nitrogen and oxygen atoms in total. The molecule has 0 aliphatic carbocycles. The van der Waals surface area contributed by atoms with E-state index in [1.54, 1.807) is 0 Å². The zero-order chi connectivity index (χ0) is 21.8. The molecule has 2 rings (SSSR count). The summed E-state index contributed by atoms with van der Waals surface area (Å²) in [6, 6.07) is 9.46. The van der Waals surface area contributed by atoms with E-state index in [1.807, 2.05) is 30.3 Å². The molecule has 0 bridgehead atoms. The first-order valence-electron chi connectivity index (χ1n) is 11.1. The number of methoxy groups -OCH3 is 2. The highest BCUT2D eigenvalue weighted by atomic mass is 16.8. The maximum atomic E-state index is 12.3. The Balaban J connectivity index is 2.01. The van der Waals surface area contributed by atoms with Crippen LogP contribution >= 0.6 is 0 Å². The van der Waals surface area contributed by atoms with Crippen molar-refractivity contribution in [1.82, 2.24) is 0 Å². The SMILES string of the molecule is CCCCCCCCCCCC1(c2ccccc2)OC(C(=O)OC)C(C(=O)OC)O1. The van der Waals surface area contributed by atoms with E-state index in [2.05, 4.69) is 6.92 Å². The number of hydrogen-bond donors (Lipinski definition) is 0. The summed E-state index contributed by atoms with van der Waals surface area (Å²) in [5.74, 6) is -2.45. The fraction of sp³-hybridized carbons (Fsp3) is 0.667. The highest BCUT2D eigenvalue weighted by Crippen LogP contribution is 2.42. The van der Waals surface area contributed by atoms with Crippen molar-refractivity contribution in [3.63, 3.8) is 0 Å². The molecule has 0 saturated carbocycles. The van der Waals surface area contributed by atoms with Gasteiger partial charge in [-0.3, -0.25) is 0 Å². The Morgan fingerprint density at radius 1 is 0.800 bits per heavy atom. The summed E-state index contributed by atoms with van der Waals surface area (Å²) in [5.41, 5.74) is 0.782. The second-order valence-electron chi connectivity index (χ2n) is 7.82. The number of rotatable bonds is 13. The number of carbonyl (C=O) groups excluding carboxylic acids is 2. The van der Waals surface area contributed by atoms with Crippen molar-refractivity contribution in [2.75, 3.05) is 14.2 Å². The van der Waals surface area contributed by atoms with E-state index >= 15 is 0 Å². The average Bonchev–Trinajstić information content (AvgIpc) is 3.18. The van der Waals surface area contributed by atoms with Crippen molar-refractivity contribution in [3.05, 3.63) is 35.9 Å². The fourth-order valence-corrected chi connectivity index (χ4v) is 3.90. The van der Waals surface area contributed by atoms with Gasteiger partial charge in [0.05, 0.1) is 14.2 Å². The van der Waals surface area contributed by atoms with Crippen LogP contribution in [0.4, 0.5) is 0 Å². The Labute approximate surface area is 180 Å². The molecule has 0 aromatic heterocycles. The van der Waals surface area contributed by atoms with Gasteiger partial charge < -0.3 is 18.9 Å². The topological polar surface area (TPSA) is 71.1 Å². The molecule has 1 heterocycles. The van der Waals surface area contributed by atoms with Gasteiger partial charge in [-0.1, -0.05) is 88.6 Å². The van der Waals surface area contributed by atoms with Crippen molar-refractivity contribution in [1.29, 1.82) is 0 Å². The average molecular weight is 421 g/mol. The minimum absolute atomic E-state index is 0.549. The highest BCUT2D eigenvalue weighted by Gasteiger charge is 2.55. The van der Waals surface area contributed by atoms with Gasteiger partial charge in [0, 0.05) is 12.0 Å². The second kappa shape index (κ2) is 12.7. The first kappa shape index (κ1) is 24.4. The monoisotopic (exact) mass is 420 g/mol.